The first-order valence-electron chi connectivity index (χ1n) is 8.92. The number of amides is 3. The number of hydrogen-bond donors (Lipinski definition) is 1. The first-order valence-corrected chi connectivity index (χ1v) is 8.92. The number of methoxy groups -OCH3 is 1. The lowest BCUT2D eigenvalue weighted by atomic mass is 9.92. The van der Waals surface area contributed by atoms with E-state index in [-0.39, 0.29) is 12.3 Å². The fourth-order valence-electron chi connectivity index (χ4n) is 3.01. The fraction of sp³-hybridized carbons (Fsp3) is 0.250. The molecule has 3 amide bonds. The Balaban J connectivity index is 1.63. The maximum atomic E-state index is 12.8. The number of ether oxygens (including phenoxy) is 2. The lowest BCUT2D eigenvalue weighted by Crippen LogP contribution is -2.41. The molecule has 1 saturated heterocycles. The van der Waals surface area contributed by atoms with Gasteiger partial charge in [0.2, 0.25) is 0 Å². The van der Waals surface area contributed by atoms with E-state index in [4.69, 9.17) is 9.47 Å². The Morgan fingerprint density at radius 3 is 2.33 bits per heavy atom. The van der Waals surface area contributed by atoms with E-state index in [1.807, 2.05) is 0 Å². The molecular formula is C20H19N3O7. The number of imide groups is 1. The zero-order valence-electron chi connectivity index (χ0n) is 16.3. The Hall–Kier alpha value is -3.95. The molecule has 1 unspecified atom stereocenters. The van der Waals surface area contributed by atoms with E-state index in [9.17, 15) is 24.5 Å². The molecule has 0 radical (unpaired) electrons. The van der Waals surface area contributed by atoms with E-state index in [1.54, 1.807) is 31.2 Å². The van der Waals surface area contributed by atoms with Crippen LogP contribution in [0.15, 0.2) is 48.5 Å². The van der Waals surface area contributed by atoms with Gasteiger partial charge in [0.15, 0.2) is 0 Å². The van der Waals surface area contributed by atoms with E-state index in [0.717, 1.165) is 4.90 Å². The number of nitro groups is 1. The van der Waals surface area contributed by atoms with Gasteiger partial charge < -0.3 is 14.8 Å². The molecule has 10 heteroatoms. The van der Waals surface area contributed by atoms with Crippen molar-refractivity contribution in [1.29, 1.82) is 0 Å². The van der Waals surface area contributed by atoms with Gasteiger partial charge >= 0.3 is 12.0 Å². The Morgan fingerprint density at radius 2 is 1.77 bits per heavy atom. The summed E-state index contributed by atoms with van der Waals surface area (Å²) in [7, 11) is 1.52. The molecule has 0 bridgehead atoms. The Kier molecular flexibility index (Phi) is 5.67. The van der Waals surface area contributed by atoms with Gasteiger partial charge in [0.25, 0.3) is 11.6 Å². The highest BCUT2D eigenvalue weighted by atomic mass is 16.6. The standard InChI is InChI=1S/C20H19N3O7/c1-20(14-5-9-16(29-2)10-6-14)18(25)22(19(26)21-20)11-17(24)30-12-13-3-7-15(8-4-13)23(27)28/h3-10H,11-12H2,1-2H3,(H,21,26). The normalized spacial score (nSPS) is 18.1. The first-order chi connectivity index (χ1) is 14.2. The number of nitrogens with zero attached hydrogens (tertiary/aromatic N) is 2. The third kappa shape index (κ3) is 4.07. The van der Waals surface area contributed by atoms with Crippen LogP contribution >= 0.6 is 0 Å². The third-order valence-electron chi connectivity index (χ3n) is 4.78. The second-order valence-electron chi connectivity index (χ2n) is 6.76. The summed E-state index contributed by atoms with van der Waals surface area (Å²) in [6, 6.07) is 11.5. The Labute approximate surface area is 171 Å². The van der Waals surface area contributed by atoms with Crippen molar-refractivity contribution in [3.05, 3.63) is 69.8 Å². The molecule has 1 heterocycles. The summed E-state index contributed by atoms with van der Waals surface area (Å²) in [5.41, 5.74) is -0.318. The monoisotopic (exact) mass is 413 g/mol. The van der Waals surface area contributed by atoms with Crippen molar-refractivity contribution in [2.75, 3.05) is 13.7 Å². The zero-order valence-corrected chi connectivity index (χ0v) is 16.3. The topological polar surface area (TPSA) is 128 Å². The second kappa shape index (κ2) is 8.19. The summed E-state index contributed by atoms with van der Waals surface area (Å²) < 4.78 is 10.2. The van der Waals surface area contributed by atoms with Gasteiger partial charge in [0.1, 0.15) is 24.4 Å². The second-order valence-corrected chi connectivity index (χ2v) is 6.76. The fourth-order valence-corrected chi connectivity index (χ4v) is 3.01. The first kappa shape index (κ1) is 20.8. The van der Waals surface area contributed by atoms with Gasteiger partial charge in [-0.1, -0.05) is 12.1 Å². The highest BCUT2D eigenvalue weighted by molar-refractivity contribution is 6.08. The molecule has 1 aliphatic heterocycles. The molecule has 0 spiro atoms. The number of non-ortho nitro benzene ring substituents is 1. The van der Waals surface area contributed by atoms with E-state index in [0.29, 0.717) is 16.9 Å². The van der Waals surface area contributed by atoms with E-state index < -0.39 is 34.9 Å². The van der Waals surface area contributed by atoms with E-state index >= 15 is 0 Å². The molecule has 10 nitrogen and oxygen atoms in total. The van der Waals surface area contributed by atoms with Crippen LogP contribution in [0.5, 0.6) is 5.75 Å². The molecule has 1 atom stereocenters. The van der Waals surface area contributed by atoms with Crippen molar-refractivity contribution >= 4 is 23.6 Å². The zero-order chi connectivity index (χ0) is 21.9. The summed E-state index contributed by atoms with van der Waals surface area (Å²) in [6.45, 7) is 0.858. The number of urea groups is 1. The van der Waals surface area contributed by atoms with Crippen molar-refractivity contribution in [2.24, 2.45) is 0 Å². The minimum Gasteiger partial charge on any atom is -0.497 e. The Morgan fingerprint density at radius 1 is 1.13 bits per heavy atom. The van der Waals surface area contributed by atoms with Crippen LogP contribution in [0, 0.1) is 10.1 Å². The van der Waals surface area contributed by atoms with Crippen LogP contribution in [-0.2, 0) is 26.5 Å². The minimum absolute atomic E-state index is 0.0813. The quantitative estimate of drug-likeness (QED) is 0.319. The number of esters is 1. The van der Waals surface area contributed by atoms with Gasteiger partial charge in [-0.2, -0.15) is 0 Å². The van der Waals surface area contributed by atoms with Crippen LogP contribution in [0.4, 0.5) is 10.5 Å². The van der Waals surface area contributed by atoms with Gasteiger partial charge in [-0.3, -0.25) is 24.6 Å². The molecule has 0 aromatic heterocycles. The lowest BCUT2D eigenvalue weighted by Gasteiger charge is -2.22. The molecule has 2 aromatic carbocycles. The predicted octanol–water partition coefficient (Wildman–Crippen LogP) is 2.11. The minimum atomic E-state index is -1.32. The average molecular weight is 413 g/mol. The van der Waals surface area contributed by atoms with Crippen LogP contribution in [0.2, 0.25) is 0 Å². The van der Waals surface area contributed by atoms with Gasteiger partial charge in [-0.25, -0.2) is 4.79 Å². The number of nitrogens with one attached hydrogen (secondary N) is 1. The smallest absolute Gasteiger partial charge is 0.326 e. The van der Waals surface area contributed by atoms with Crippen molar-refractivity contribution in [2.45, 2.75) is 19.1 Å². The summed E-state index contributed by atoms with van der Waals surface area (Å²) in [4.78, 5) is 48.2. The number of hydrogen-bond acceptors (Lipinski definition) is 7. The summed E-state index contributed by atoms with van der Waals surface area (Å²) in [6.07, 6.45) is 0. The van der Waals surface area contributed by atoms with Crippen molar-refractivity contribution in [3.63, 3.8) is 0 Å². The highest BCUT2D eigenvalue weighted by Gasteiger charge is 2.49. The summed E-state index contributed by atoms with van der Waals surface area (Å²) in [5.74, 6) is -0.758. The number of rotatable bonds is 7. The largest absolute Gasteiger partial charge is 0.497 e. The van der Waals surface area contributed by atoms with Crippen LogP contribution < -0.4 is 10.1 Å². The maximum Gasteiger partial charge on any atom is 0.326 e. The van der Waals surface area contributed by atoms with Gasteiger partial charge in [0.05, 0.1) is 12.0 Å². The number of carbonyl (C=O) groups is 3. The highest BCUT2D eigenvalue weighted by Crippen LogP contribution is 2.30. The van der Waals surface area contributed by atoms with E-state index in [2.05, 4.69) is 5.32 Å². The maximum absolute atomic E-state index is 12.8. The molecule has 3 rings (SSSR count). The molecule has 1 N–H and O–H groups in total. The number of benzene rings is 2. The van der Waals surface area contributed by atoms with Crippen LogP contribution in [-0.4, -0.2) is 41.4 Å². The van der Waals surface area contributed by atoms with Gasteiger partial charge in [-0.15, -0.1) is 0 Å². The molecule has 156 valence electrons. The third-order valence-corrected chi connectivity index (χ3v) is 4.78. The SMILES string of the molecule is COc1ccc(C2(C)NC(=O)N(CC(=O)OCc3ccc([N+](=O)[O-])cc3)C2=O)cc1. The Bertz CT molecular complexity index is 988. The predicted molar refractivity (Wildman–Crippen MR) is 103 cm³/mol. The molecule has 2 aromatic rings. The molecule has 1 fully saturated rings. The van der Waals surface area contributed by atoms with Gasteiger partial charge in [0, 0.05) is 12.1 Å². The molecule has 0 saturated carbocycles. The molecule has 0 aliphatic carbocycles. The van der Waals surface area contributed by atoms with Gasteiger partial charge in [-0.05, 0) is 42.3 Å². The lowest BCUT2D eigenvalue weighted by molar-refractivity contribution is -0.384. The van der Waals surface area contributed by atoms with Crippen molar-refractivity contribution < 1.29 is 28.8 Å². The average Bonchev–Trinajstić information content (AvgIpc) is 2.96. The molecular weight excluding hydrogens is 394 g/mol. The number of nitro benzene ring substituents is 1. The number of carbonyl (C=O) groups excluding carboxylic acids is 3. The summed E-state index contributed by atoms with van der Waals surface area (Å²) >= 11 is 0. The summed E-state index contributed by atoms with van der Waals surface area (Å²) in [5, 5.41) is 13.3. The van der Waals surface area contributed by atoms with E-state index in [1.165, 1.54) is 31.4 Å². The van der Waals surface area contributed by atoms with Crippen molar-refractivity contribution in [1.82, 2.24) is 10.2 Å². The van der Waals surface area contributed by atoms with Crippen molar-refractivity contribution in [3.8, 4) is 5.75 Å². The van der Waals surface area contributed by atoms with Crippen LogP contribution in [0.3, 0.4) is 0 Å². The van der Waals surface area contributed by atoms with Crippen LogP contribution in [0.25, 0.3) is 0 Å². The van der Waals surface area contributed by atoms with Crippen LogP contribution in [0.1, 0.15) is 18.1 Å². The molecule has 30 heavy (non-hydrogen) atoms. The molecule has 1 aliphatic rings.